The number of rotatable bonds is 7. The molecule has 0 bridgehead atoms. The van der Waals surface area contributed by atoms with E-state index in [0.29, 0.717) is 24.1 Å². The van der Waals surface area contributed by atoms with Crippen molar-refractivity contribution >= 4 is 23.6 Å². The zero-order valence-electron chi connectivity index (χ0n) is 19.8. The average Bonchev–Trinajstić information content (AvgIpc) is 2.83. The third-order valence-corrected chi connectivity index (χ3v) is 6.23. The number of nitrogens with two attached hydrogens (primary N) is 1. The summed E-state index contributed by atoms with van der Waals surface area (Å²) >= 11 is 0. The number of nitrogens with one attached hydrogen (secondary N) is 1. The van der Waals surface area contributed by atoms with Crippen molar-refractivity contribution in [3.63, 3.8) is 0 Å². The number of hydrogen-bond donors (Lipinski definition) is 2. The molecule has 0 aliphatic carbocycles. The molecule has 0 aromatic heterocycles. The van der Waals surface area contributed by atoms with E-state index in [1.807, 2.05) is 37.3 Å². The van der Waals surface area contributed by atoms with Crippen LogP contribution in [0.15, 0.2) is 71.5 Å². The Hall–Kier alpha value is -3.74. The third kappa shape index (κ3) is 5.98. The van der Waals surface area contributed by atoms with Crippen molar-refractivity contribution < 1.29 is 14.0 Å². The number of hydrogen-bond acceptors (Lipinski definition) is 4. The summed E-state index contributed by atoms with van der Waals surface area (Å²) in [5, 5.41) is 2.82. The molecule has 0 saturated carbocycles. The minimum atomic E-state index is -0.638. The normalized spacial score (nSPS) is 17.9. The second-order valence-electron chi connectivity index (χ2n) is 8.65. The van der Waals surface area contributed by atoms with E-state index < -0.39 is 11.7 Å². The number of carbonyl (C=O) groups is 2. The average molecular weight is 463 g/mol. The summed E-state index contributed by atoms with van der Waals surface area (Å²) in [5.41, 5.74) is 8.85. The standard InChI is InChI=1S/C27H31FN4O2/c1-17(21-12-13-32(4)25(33)15-21)16-30-26(29)18(2)22-10-11-23(24(28)14-22)27(34)31-19(3)20-8-6-5-7-9-20/h5-11,14,16,19,21H,1,12-13,15,29H2,2-4H3,(H,31,34)/b26-18+,30-16-/t19-,21-/m1/s1. The van der Waals surface area contributed by atoms with Gasteiger partial charge in [-0.2, -0.15) is 0 Å². The van der Waals surface area contributed by atoms with Crippen LogP contribution in [0.5, 0.6) is 0 Å². The predicted octanol–water partition coefficient (Wildman–Crippen LogP) is 4.46. The topological polar surface area (TPSA) is 87.8 Å². The number of likely N-dealkylation sites (tertiary alicyclic amines) is 1. The number of benzene rings is 2. The van der Waals surface area contributed by atoms with E-state index in [2.05, 4.69) is 16.9 Å². The first-order valence-electron chi connectivity index (χ1n) is 11.3. The van der Waals surface area contributed by atoms with Crippen molar-refractivity contribution in [2.75, 3.05) is 13.6 Å². The van der Waals surface area contributed by atoms with E-state index in [-0.39, 0.29) is 29.3 Å². The number of aliphatic imine (C=N–C) groups is 1. The molecule has 6 nitrogen and oxygen atoms in total. The molecule has 7 heteroatoms. The van der Waals surface area contributed by atoms with Gasteiger partial charge in [-0.25, -0.2) is 9.38 Å². The first-order valence-corrected chi connectivity index (χ1v) is 11.3. The largest absolute Gasteiger partial charge is 0.383 e. The van der Waals surface area contributed by atoms with Crippen LogP contribution in [0.3, 0.4) is 0 Å². The van der Waals surface area contributed by atoms with Gasteiger partial charge >= 0.3 is 0 Å². The van der Waals surface area contributed by atoms with Gasteiger partial charge < -0.3 is 16.0 Å². The Labute approximate surface area is 200 Å². The maximum Gasteiger partial charge on any atom is 0.254 e. The summed E-state index contributed by atoms with van der Waals surface area (Å²) in [7, 11) is 1.79. The van der Waals surface area contributed by atoms with Crippen molar-refractivity contribution in [1.82, 2.24) is 10.2 Å². The van der Waals surface area contributed by atoms with Crippen LogP contribution in [0.2, 0.25) is 0 Å². The van der Waals surface area contributed by atoms with Crippen LogP contribution in [-0.2, 0) is 4.79 Å². The van der Waals surface area contributed by atoms with E-state index >= 15 is 0 Å². The highest BCUT2D eigenvalue weighted by Gasteiger charge is 2.24. The summed E-state index contributed by atoms with van der Waals surface area (Å²) in [6.45, 7) is 8.30. The van der Waals surface area contributed by atoms with Crippen LogP contribution >= 0.6 is 0 Å². The highest BCUT2D eigenvalue weighted by molar-refractivity contribution is 5.95. The fraction of sp³-hybridized carbons (Fsp3) is 0.296. The van der Waals surface area contributed by atoms with Crippen molar-refractivity contribution in [2.45, 2.75) is 32.7 Å². The highest BCUT2D eigenvalue weighted by atomic mass is 19.1. The summed E-state index contributed by atoms with van der Waals surface area (Å²) < 4.78 is 14.8. The van der Waals surface area contributed by atoms with E-state index in [1.54, 1.807) is 31.2 Å². The van der Waals surface area contributed by atoms with Crippen molar-refractivity contribution in [1.29, 1.82) is 0 Å². The molecule has 2 atom stereocenters. The van der Waals surface area contributed by atoms with Gasteiger partial charge in [0.15, 0.2) is 0 Å². The van der Waals surface area contributed by atoms with E-state index in [4.69, 9.17) is 5.73 Å². The number of halogens is 1. The SMILES string of the molecule is C=C(/C=N\C(N)=C(/C)c1ccc(C(=O)N[C@H](C)c2ccccc2)c(F)c1)[C@@H]1CCN(C)C(=O)C1. The maximum atomic E-state index is 14.8. The Balaban J connectivity index is 1.68. The quantitative estimate of drug-likeness (QED) is 0.596. The van der Waals surface area contributed by atoms with Crippen molar-refractivity contribution in [3.05, 3.63) is 89.0 Å². The van der Waals surface area contributed by atoms with Crippen LogP contribution in [0.4, 0.5) is 4.39 Å². The number of carbonyl (C=O) groups excluding carboxylic acids is 2. The summed E-state index contributed by atoms with van der Waals surface area (Å²) in [5.74, 6) is -0.787. The number of allylic oxidation sites excluding steroid dienone is 2. The number of piperidine rings is 1. The molecule has 1 fully saturated rings. The first-order chi connectivity index (χ1) is 16.2. The zero-order valence-corrected chi connectivity index (χ0v) is 19.8. The van der Waals surface area contributed by atoms with E-state index in [0.717, 1.165) is 17.6 Å². The smallest absolute Gasteiger partial charge is 0.254 e. The highest BCUT2D eigenvalue weighted by Crippen LogP contribution is 2.24. The lowest BCUT2D eigenvalue weighted by atomic mass is 9.90. The molecule has 1 aliphatic rings. The molecule has 178 valence electrons. The van der Waals surface area contributed by atoms with E-state index in [1.165, 1.54) is 12.1 Å². The molecule has 2 amide bonds. The van der Waals surface area contributed by atoms with Crippen LogP contribution in [0.25, 0.3) is 5.57 Å². The molecule has 0 radical (unpaired) electrons. The molecule has 1 saturated heterocycles. The van der Waals surface area contributed by atoms with Gasteiger partial charge in [0.1, 0.15) is 11.6 Å². The van der Waals surface area contributed by atoms with Gasteiger partial charge in [-0.3, -0.25) is 9.59 Å². The Kier molecular flexibility index (Phi) is 7.99. The third-order valence-electron chi connectivity index (χ3n) is 6.23. The summed E-state index contributed by atoms with van der Waals surface area (Å²) in [4.78, 5) is 30.5. The minimum Gasteiger partial charge on any atom is -0.383 e. The van der Waals surface area contributed by atoms with Crippen molar-refractivity contribution in [3.8, 4) is 0 Å². The molecule has 2 aromatic carbocycles. The van der Waals surface area contributed by atoms with Gasteiger partial charge in [-0.1, -0.05) is 43.0 Å². The van der Waals surface area contributed by atoms with Gasteiger partial charge in [0.05, 0.1) is 11.6 Å². The second kappa shape index (κ2) is 10.9. The Morgan fingerprint density at radius 1 is 1.29 bits per heavy atom. The Morgan fingerprint density at radius 3 is 2.65 bits per heavy atom. The zero-order chi connectivity index (χ0) is 24.8. The van der Waals surface area contributed by atoms with Crippen LogP contribution < -0.4 is 11.1 Å². The lowest BCUT2D eigenvalue weighted by molar-refractivity contribution is -0.132. The van der Waals surface area contributed by atoms with Gasteiger partial charge in [0.2, 0.25) is 5.91 Å². The number of amides is 2. The van der Waals surface area contributed by atoms with Gasteiger partial charge in [-0.05, 0) is 60.6 Å². The molecule has 1 heterocycles. The Bertz CT molecular complexity index is 1140. The molecule has 34 heavy (non-hydrogen) atoms. The van der Waals surface area contributed by atoms with Crippen LogP contribution in [0, 0.1) is 11.7 Å². The monoisotopic (exact) mass is 462 g/mol. The van der Waals surface area contributed by atoms with Crippen molar-refractivity contribution in [2.24, 2.45) is 16.6 Å². The van der Waals surface area contributed by atoms with Gasteiger partial charge in [0, 0.05) is 26.2 Å². The fourth-order valence-electron chi connectivity index (χ4n) is 3.79. The number of nitrogens with zero attached hydrogens (tertiary/aromatic N) is 2. The maximum absolute atomic E-state index is 14.8. The summed E-state index contributed by atoms with van der Waals surface area (Å²) in [6, 6.07) is 13.6. The molecular weight excluding hydrogens is 431 g/mol. The molecule has 0 spiro atoms. The lowest BCUT2D eigenvalue weighted by Gasteiger charge is -2.28. The second-order valence-corrected chi connectivity index (χ2v) is 8.65. The van der Waals surface area contributed by atoms with Crippen LogP contribution in [0.1, 0.15) is 54.2 Å². The van der Waals surface area contributed by atoms with Crippen LogP contribution in [-0.4, -0.2) is 36.5 Å². The molecule has 3 N–H and O–H groups in total. The lowest BCUT2D eigenvalue weighted by Crippen LogP contribution is -2.36. The van der Waals surface area contributed by atoms with Gasteiger partial charge in [0.25, 0.3) is 5.91 Å². The first kappa shape index (κ1) is 24.9. The molecule has 2 aromatic rings. The van der Waals surface area contributed by atoms with Gasteiger partial charge in [-0.15, -0.1) is 0 Å². The Morgan fingerprint density at radius 2 is 2.00 bits per heavy atom. The summed E-state index contributed by atoms with van der Waals surface area (Å²) in [6.07, 6.45) is 2.81. The fourth-order valence-corrected chi connectivity index (χ4v) is 3.79. The minimum absolute atomic E-state index is 0.0362. The van der Waals surface area contributed by atoms with E-state index in [9.17, 15) is 14.0 Å². The molecular formula is C27H31FN4O2. The predicted molar refractivity (Wildman–Crippen MR) is 133 cm³/mol. The molecule has 3 rings (SSSR count). The molecule has 0 unspecified atom stereocenters. The molecule has 1 aliphatic heterocycles.